The Kier molecular flexibility index (Phi) is 4.72. The molecule has 0 aromatic heterocycles. The van der Waals surface area contributed by atoms with E-state index in [1.54, 1.807) is 0 Å². The van der Waals surface area contributed by atoms with Crippen molar-refractivity contribution in [2.24, 2.45) is 11.8 Å². The topological polar surface area (TPSA) is 29.5 Å². The number of allylic oxidation sites excluding steroid dienone is 1. The Labute approximate surface area is 126 Å². The first-order valence-corrected chi connectivity index (χ1v) is 8.97. The standard InChI is InChI=1S/C16H25NO2S/c1-12-4-2-3-7-17(12)16(18)14-10-15(20-11-14)13-5-8-19-9-6-13/h10,12-14H,2-9,11H2,1H3. The Morgan fingerprint density at radius 2 is 2.10 bits per heavy atom. The first-order valence-electron chi connectivity index (χ1n) is 7.98. The van der Waals surface area contributed by atoms with Crippen molar-refractivity contribution in [2.75, 3.05) is 25.5 Å². The van der Waals surface area contributed by atoms with Gasteiger partial charge in [0.1, 0.15) is 0 Å². The second kappa shape index (κ2) is 6.52. The molecule has 0 aromatic rings. The number of hydrogen-bond acceptors (Lipinski definition) is 3. The zero-order chi connectivity index (χ0) is 13.9. The van der Waals surface area contributed by atoms with Gasteiger partial charge >= 0.3 is 0 Å². The molecule has 0 N–H and O–H groups in total. The molecule has 0 spiro atoms. The highest BCUT2D eigenvalue weighted by Crippen LogP contribution is 2.39. The SMILES string of the molecule is CC1CCCCN1C(=O)C1C=C(C2CCOCC2)SC1. The number of likely N-dealkylation sites (tertiary alicyclic amines) is 1. The molecule has 3 nitrogen and oxygen atoms in total. The fraction of sp³-hybridized carbons (Fsp3) is 0.812. The highest BCUT2D eigenvalue weighted by atomic mass is 32.2. The van der Waals surface area contributed by atoms with E-state index >= 15 is 0 Å². The van der Waals surface area contributed by atoms with Crippen LogP contribution in [0, 0.1) is 11.8 Å². The van der Waals surface area contributed by atoms with E-state index in [4.69, 9.17) is 4.74 Å². The summed E-state index contributed by atoms with van der Waals surface area (Å²) in [5.74, 6) is 2.09. The predicted octanol–water partition coefficient (Wildman–Crippen LogP) is 3.06. The van der Waals surface area contributed by atoms with Crippen LogP contribution in [0.15, 0.2) is 11.0 Å². The van der Waals surface area contributed by atoms with Crippen LogP contribution >= 0.6 is 11.8 Å². The minimum absolute atomic E-state index is 0.124. The molecule has 112 valence electrons. The highest BCUT2D eigenvalue weighted by molar-refractivity contribution is 8.03. The number of piperidine rings is 1. The van der Waals surface area contributed by atoms with E-state index in [0.29, 0.717) is 17.9 Å². The molecule has 1 amide bonds. The molecule has 2 unspecified atom stereocenters. The van der Waals surface area contributed by atoms with Crippen molar-refractivity contribution in [1.29, 1.82) is 0 Å². The number of carbonyl (C=O) groups is 1. The summed E-state index contributed by atoms with van der Waals surface area (Å²) < 4.78 is 5.43. The lowest BCUT2D eigenvalue weighted by Gasteiger charge is -2.34. The van der Waals surface area contributed by atoms with Crippen molar-refractivity contribution in [1.82, 2.24) is 4.90 Å². The summed E-state index contributed by atoms with van der Waals surface area (Å²) in [5, 5.41) is 0. The molecule has 3 aliphatic heterocycles. The van der Waals surface area contributed by atoms with Crippen LogP contribution in [-0.2, 0) is 9.53 Å². The van der Waals surface area contributed by atoms with Crippen LogP contribution in [-0.4, -0.2) is 42.4 Å². The van der Waals surface area contributed by atoms with E-state index in [-0.39, 0.29) is 5.92 Å². The van der Waals surface area contributed by atoms with Crippen molar-refractivity contribution in [3.8, 4) is 0 Å². The summed E-state index contributed by atoms with van der Waals surface area (Å²) in [4.78, 5) is 16.3. The summed E-state index contributed by atoms with van der Waals surface area (Å²) in [6, 6.07) is 0.432. The lowest BCUT2D eigenvalue weighted by molar-refractivity contribution is -0.136. The van der Waals surface area contributed by atoms with Crippen LogP contribution in [0.25, 0.3) is 0 Å². The highest BCUT2D eigenvalue weighted by Gasteiger charge is 2.33. The Hall–Kier alpha value is -0.480. The molecule has 0 saturated carbocycles. The van der Waals surface area contributed by atoms with Crippen LogP contribution in [0.1, 0.15) is 39.0 Å². The predicted molar refractivity (Wildman–Crippen MR) is 82.6 cm³/mol. The quantitative estimate of drug-likeness (QED) is 0.784. The molecule has 4 heteroatoms. The molecular formula is C16H25NO2S. The average molecular weight is 295 g/mol. The van der Waals surface area contributed by atoms with Gasteiger partial charge in [0.25, 0.3) is 0 Å². The Balaban J connectivity index is 1.62. The molecule has 0 radical (unpaired) electrons. The number of rotatable bonds is 2. The van der Waals surface area contributed by atoms with Crippen molar-refractivity contribution < 1.29 is 9.53 Å². The van der Waals surface area contributed by atoms with Gasteiger partial charge in [-0.25, -0.2) is 0 Å². The maximum absolute atomic E-state index is 12.7. The molecule has 2 saturated heterocycles. The van der Waals surface area contributed by atoms with Gasteiger partial charge in [0.2, 0.25) is 5.91 Å². The van der Waals surface area contributed by atoms with Crippen LogP contribution < -0.4 is 0 Å². The van der Waals surface area contributed by atoms with Crippen molar-refractivity contribution in [3.63, 3.8) is 0 Å². The molecule has 2 atom stereocenters. The second-order valence-corrected chi connectivity index (χ2v) is 7.34. The number of nitrogens with zero attached hydrogens (tertiary/aromatic N) is 1. The van der Waals surface area contributed by atoms with Crippen LogP contribution in [0.4, 0.5) is 0 Å². The zero-order valence-electron chi connectivity index (χ0n) is 12.3. The number of ether oxygens (including phenoxy) is 1. The monoisotopic (exact) mass is 295 g/mol. The molecule has 2 fully saturated rings. The summed E-state index contributed by atoms with van der Waals surface area (Å²) >= 11 is 1.91. The lowest BCUT2D eigenvalue weighted by atomic mass is 9.96. The van der Waals surface area contributed by atoms with E-state index < -0.39 is 0 Å². The Morgan fingerprint density at radius 1 is 1.30 bits per heavy atom. The van der Waals surface area contributed by atoms with Gasteiger partial charge in [-0.2, -0.15) is 0 Å². The van der Waals surface area contributed by atoms with E-state index in [2.05, 4.69) is 17.9 Å². The van der Waals surface area contributed by atoms with Crippen molar-refractivity contribution in [2.45, 2.75) is 45.1 Å². The minimum atomic E-state index is 0.124. The molecule has 3 aliphatic rings. The van der Waals surface area contributed by atoms with E-state index in [1.807, 2.05) is 11.8 Å². The molecular weight excluding hydrogens is 270 g/mol. The normalized spacial score (nSPS) is 32.2. The van der Waals surface area contributed by atoms with Crippen LogP contribution in [0.5, 0.6) is 0 Å². The fourth-order valence-electron chi connectivity index (χ4n) is 3.50. The van der Waals surface area contributed by atoms with E-state index in [1.165, 1.54) is 24.2 Å². The third-order valence-corrected chi connectivity index (χ3v) is 6.15. The molecule has 20 heavy (non-hydrogen) atoms. The average Bonchev–Trinajstić information content (AvgIpc) is 2.98. The van der Waals surface area contributed by atoms with Gasteiger partial charge in [-0.3, -0.25) is 4.79 Å². The molecule has 0 aliphatic carbocycles. The van der Waals surface area contributed by atoms with Gasteiger partial charge in [0.05, 0.1) is 5.92 Å². The van der Waals surface area contributed by atoms with Gasteiger partial charge in [0, 0.05) is 31.6 Å². The first-order chi connectivity index (χ1) is 9.75. The fourth-order valence-corrected chi connectivity index (χ4v) is 4.84. The number of amides is 1. The molecule has 3 heterocycles. The van der Waals surface area contributed by atoms with Gasteiger partial charge in [-0.1, -0.05) is 6.08 Å². The number of hydrogen-bond donors (Lipinski definition) is 0. The third kappa shape index (κ3) is 3.06. The van der Waals surface area contributed by atoms with Gasteiger partial charge in [0.15, 0.2) is 0 Å². The Bertz CT molecular complexity index is 390. The van der Waals surface area contributed by atoms with Crippen LogP contribution in [0.2, 0.25) is 0 Å². The van der Waals surface area contributed by atoms with Crippen molar-refractivity contribution in [3.05, 3.63) is 11.0 Å². The van der Waals surface area contributed by atoms with Crippen molar-refractivity contribution >= 4 is 17.7 Å². The van der Waals surface area contributed by atoms with Gasteiger partial charge in [-0.05, 0) is 49.9 Å². The number of thioether (sulfide) groups is 1. The maximum atomic E-state index is 12.7. The summed E-state index contributed by atoms with van der Waals surface area (Å²) in [6.07, 6.45) is 8.13. The molecule has 0 aromatic carbocycles. The first kappa shape index (κ1) is 14.5. The largest absolute Gasteiger partial charge is 0.381 e. The van der Waals surface area contributed by atoms with E-state index in [9.17, 15) is 4.79 Å². The maximum Gasteiger partial charge on any atom is 0.230 e. The molecule has 3 rings (SSSR count). The zero-order valence-corrected chi connectivity index (χ0v) is 13.2. The van der Waals surface area contributed by atoms with E-state index in [0.717, 1.165) is 38.4 Å². The lowest BCUT2D eigenvalue weighted by Crippen LogP contribution is -2.44. The Morgan fingerprint density at radius 3 is 2.85 bits per heavy atom. The summed E-state index contributed by atoms with van der Waals surface area (Å²) in [6.45, 7) is 4.92. The minimum Gasteiger partial charge on any atom is -0.381 e. The summed E-state index contributed by atoms with van der Waals surface area (Å²) in [5.41, 5.74) is 0. The smallest absolute Gasteiger partial charge is 0.230 e. The van der Waals surface area contributed by atoms with Gasteiger partial charge in [-0.15, -0.1) is 11.8 Å². The number of carbonyl (C=O) groups excluding carboxylic acids is 1. The van der Waals surface area contributed by atoms with Crippen LogP contribution in [0.3, 0.4) is 0 Å². The molecule has 0 bridgehead atoms. The summed E-state index contributed by atoms with van der Waals surface area (Å²) in [7, 11) is 0. The third-order valence-electron chi connectivity index (χ3n) is 4.82. The van der Waals surface area contributed by atoms with Gasteiger partial charge < -0.3 is 9.64 Å². The second-order valence-electron chi connectivity index (χ2n) is 6.25.